The number of amides is 1. The number of rotatable bonds is 1. The zero-order valence-electron chi connectivity index (χ0n) is 8.79. The quantitative estimate of drug-likeness (QED) is 0.683. The zero-order valence-corrected chi connectivity index (χ0v) is 8.79. The summed E-state index contributed by atoms with van der Waals surface area (Å²) in [7, 11) is 0. The number of carbonyl (C=O) groups is 1. The average Bonchev–Trinajstić information content (AvgIpc) is 2.94. The van der Waals surface area contributed by atoms with Crippen molar-refractivity contribution in [3.05, 3.63) is 0 Å². The molecule has 3 rings (SSSR count). The molecule has 2 saturated heterocycles. The van der Waals surface area contributed by atoms with Crippen LogP contribution in [0.25, 0.3) is 0 Å². The molecule has 2 bridgehead atoms. The van der Waals surface area contributed by atoms with Gasteiger partial charge in [-0.05, 0) is 37.8 Å². The summed E-state index contributed by atoms with van der Waals surface area (Å²) in [5, 5.41) is 3.39. The van der Waals surface area contributed by atoms with E-state index in [0.29, 0.717) is 18.3 Å². The second-order valence-electron chi connectivity index (χ2n) is 5.23. The largest absolute Gasteiger partial charge is 0.342 e. The number of alkyl halides is 1. The summed E-state index contributed by atoms with van der Waals surface area (Å²) < 4.78 is 12.8. The minimum atomic E-state index is -0.850. The van der Waals surface area contributed by atoms with Crippen LogP contribution in [0.1, 0.15) is 12.8 Å². The zero-order chi connectivity index (χ0) is 10.4. The van der Waals surface area contributed by atoms with Crippen LogP contribution in [0.5, 0.6) is 0 Å². The molecule has 15 heavy (non-hydrogen) atoms. The van der Waals surface area contributed by atoms with Crippen molar-refractivity contribution < 1.29 is 9.18 Å². The normalized spacial score (nSPS) is 43.9. The predicted molar refractivity (Wildman–Crippen MR) is 54.0 cm³/mol. The lowest BCUT2D eigenvalue weighted by atomic mass is 9.85. The topological polar surface area (TPSA) is 32.3 Å². The molecule has 2 unspecified atom stereocenters. The predicted octanol–water partition coefficient (Wildman–Crippen LogP) is 0.412. The van der Waals surface area contributed by atoms with Crippen LogP contribution in [-0.4, -0.2) is 43.2 Å². The van der Waals surface area contributed by atoms with Crippen LogP contribution >= 0.6 is 0 Å². The lowest BCUT2D eigenvalue weighted by Gasteiger charge is -2.41. The highest BCUT2D eigenvalue weighted by Crippen LogP contribution is 2.37. The Bertz CT molecular complexity index is 272. The van der Waals surface area contributed by atoms with Crippen LogP contribution in [0, 0.1) is 17.8 Å². The molecule has 2 aliphatic heterocycles. The maximum absolute atomic E-state index is 12.8. The number of nitrogens with zero attached hydrogens (tertiary/aromatic N) is 1. The van der Waals surface area contributed by atoms with Gasteiger partial charge in [-0.25, -0.2) is 4.39 Å². The first-order valence-electron chi connectivity index (χ1n) is 5.87. The molecule has 0 aromatic heterocycles. The third kappa shape index (κ3) is 1.75. The van der Waals surface area contributed by atoms with Gasteiger partial charge in [0.05, 0.1) is 5.92 Å². The maximum Gasteiger partial charge on any atom is 0.228 e. The second-order valence-corrected chi connectivity index (χ2v) is 5.23. The summed E-state index contributed by atoms with van der Waals surface area (Å²) in [6, 6.07) is 0. The van der Waals surface area contributed by atoms with E-state index >= 15 is 0 Å². The Labute approximate surface area is 89.0 Å². The van der Waals surface area contributed by atoms with E-state index < -0.39 is 6.17 Å². The summed E-state index contributed by atoms with van der Waals surface area (Å²) in [6.45, 7) is 3.71. The van der Waals surface area contributed by atoms with Gasteiger partial charge in [0, 0.05) is 13.1 Å². The molecule has 4 heteroatoms. The molecular weight excluding hydrogens is 195 g/mol. The fourth-order valence-corrected chi connectivity index (χ4v) is 2.94. The maximum atomic E-state index is 12.8. The molecule has 1 aliphatic carbocycles. The number of carbonyl (C=O) groups excluding carboxylic acids is 1. The highest BCUT2D eigenvalue weighted by molar-refractivity contribution is 5.82. The van der Waals surface area contributed by atoms with Crippen LogP contribution in [-0.2, 0) is 4.79 Å². The molecule has 0 radical (unpaired) electrons. The lowest BCUT2D eigenvalue weighted by molar-refractivity contribution is -0.136. The number of fused-ring (bicyclic) bond motifs is 2. The Morgan fingerprint density at radius 1 is 1.20 bits per heavy atom. The first-order chi connectivity index (χ1) is 7.24. The summed E-state index contributed by atoms with van der Waals surface area (Å²) in [5.41, 5.74) is 0. The molecule has 0 spiro atoms. The van der Waals surface area contributed by atoms with E-state index in [-0.39, 0.29) is 11.8 Å². The number of likely N-dealkylation sites (tertiary alicyclic amines) is 1. The number of hydrogen-bond acceptors (Lipinski definition) is 2. The van der Waals surface area contributed by atoms with E-state index in [9.17, 15) is 9.18 Å². The van der Waals surface area contributed by atoms with Gasteiger partial charge in [-0.3, -0.25) is 4.79 Å². The third-order valence-corrected chi connectivity index (χ3v) is 3.83. The second kappa shape index (κ2) is 3.44. The van der Waals surface area contributed by atoms with Gasteiger partial charge in [-0.15, -0.1) is 0 Å². The first-order valence-corrected chi connectivity index (χ1v) is 5.87. The van der Waals surface area contributed by atoms with Crippen molar-refractivity contribution in [1.29, 1.82) is 0 Å². The van der Waals surface area contributed by atoms with Crippen LogP contribution < -0.4 is 5.32 Å². The van der Waals surface area contributed by atoms with Gasteiger partial charge in [0.25, 0.3) is 0 Å². The van der Waals surface area contributed by atoms with Crippen LogP contribution in [0.3, 0.4) is 0 Å². The summed E-state index contributed by atoms with van der Waals surface area (Å²) in [5.74, 6) is 0.965. The summed E-state index contributed by atoms with van der Waals surface area (Å²) in [6.07, 6.45) is 0.848. The van der Waals surface area contributed by atoms with Crippen LogP contribution in [0.15, 0.2) is 0 Å². The van der Waals surface area contributed by atoms with E-state index in [0.717, 1.165) is 26.2 Å². The molecule has 1 saturated carbocycles. The van der Waals surface area contributed by atoms with E-state index in [1.165, 1.54) is 6.42 Å². The number of nitrogens with one attached hydrogen (secondary N) is 1. The van der Waals surface area contributed by atoms with E-state index in [1.807, 2.05) is 4.90 Å². The Kier molecular flexibility index (Phi) is 2.20. The number of hydrogen-bond donors (Lipinski definition) is 1. The Hall–Kier alpha value is -0.640. The van der Waals surface area contributed by atoms with Gasteiger partial charge in [0.15, 0.2) is 0 Å². The summed E-state index contributed by atoms with van der Waals surface area (Å²) >= 11 is 0. The number of halogens is 1. The van der Waals surface area contributed by atoms with Crippen molar-refractivity contribution in [2.24, 2.45) is 17.8 Å². The monoisotopic (exact) mass is 212 g/mol. The standard InChI is InChI=1S/C11H17FN2O/c12-10-2-9(10)11(15)14-5-7-1-8(6-14)4-13-3-7/h7-10,13H,1-6H2/t7?,8?,9-,10+/m0/s1. The molecule has 2 heterocycles. The molecule has 0 aromatic carbocycles. The van der Waals surface area contributed by atoms with Gasteiger partial charge >= 0.3 is 0 Å². The molecule has 3 nitrogen and oxygen atoms in total. The Morgan fingerprint density at radius 2 is 1.80 bits per heavy atom. The van der Waals surface area contributed by atoms with E-state index in [1.54, 1.807) is 0 Å². The minimum absolute atomic E-state index is 0.0686. The van der Waals surface area contributed by atoms with Gasteiger partial charge in [-0.2, -0.15) is 0 Å². The fraction of sp³-hybridized carbons (Fsp3) is 0.909. The van der Waals surface area contributed by atoms with E-state index in [2.05, 4.69) is 5.32 Å². The first kappa shape index (κ1) is 9.58. The minimum Gasteiger partial charge on any atom is -0.342 e. The molecule has 0 aromatic rings. The van der Waals surface area contributed by atoms with Gasteiger partial charge in [0.2, 0.25) is 5.91 Å². The molecular formula is C11H17FN2O. The van der Waals surface area contributed by atoms with Crippen molar-refractivity contribution in [2.45, 2.75) is 19.0 Å². The van der Waals surface area contributed by atoms with Crippen LogP contribution in [0.4, 0.5) is 4.39 Å². The number of piperidine rings is 2. The molecule has 1 N–H and O–H groups in total. The van der Waals surface area contributed by atoms with Crippen LogP contribution in [0.2, 0.25) is 0 Å². The smallest absolute Gasteiger partial charge is 0.228 e. The van der Waals surface area contributed by atoms with E-state index in [4.69, 9.17) is 0 Å². The molecule has 3 aliphatic rings. The third-order valence-electron chi connectivity index (χ3n) is 3.83. The summed E-state index contributed by atoms with van der Waals surface area (Å²) in [4.78, 5) is 13.8. The molecule has 84 valence electrons. The highest BCUT2D eigenvalue weighted by atomic mass is 19.1. The highest BCUT2D eigenvalue weighted by Gasteiger charge is 2.47. The lowest BCUT2D eigenvalue weighted by Crippen LogP contribution is -2.53. The Balaban J connectivity index is 1.64. The van der Waals surface area contributed by atoms with Crippen molar-refractivity contribution in [2.75, 3.05) is 26.2 Å². The van der Waals surface area contributed by atoms with Crippen molar-refractivity contribution in [3.8, 4) is 0 Å². The Morgan fingerprint density at radius 3 is 2.33 bits per heavy atom. The fourth-order valence-electron chi connectivity index (χ4n) is 2.94. The van der Waals surface area contributed by atoms with Gasteiger partial charge in [-0.1, -0.05) is 0 Å². The SMILES string of the molecule is O=C([C@H]1C[C@H]1F)N1CC2CNCC(C2)C1. The average molecular weight is 212 g/mol. The van der Waals surface area contributed by atoms with Gasteiger partial charge in [0.1, 0.15) is 6.17 Å². The molecule has 4 atom stereocenters. The van der Waals surface area contributed by atoms with Crippen molar-refractivity contribution >= 4 is 5.91 Å². The molecule has 3 fully saturated rings. The van der Waals surface area contributed by atoms with Crippen molar-refractivity contribution in [3.63, 3.8) is 0 Å². The molecule has 1 amide bonds. The van der Waals surface area contributed by atoms with Gasteiger partial charge < -0.3 is 10.2 Å². The van der Waals surface area contributed by atoms with Crippen molar-refractivity contribution in [1.82, 2.24) is 10.2 Å².